The number of hydrogen-bond acceptors (Lipinski definition) is 6. The van der Waals surface area contributed by atoms with Gasteiger partial charge in [-0.25, -0.2) is 9.78 Å². The van der Waals surface area contributed by atoms with Crippen molar-refractivity contribution in [3.05, 3.63) is 57.5 Å². The van der Waals surface area contributed by atoms with Crippen molar-refractivity contribution in [3.63, 3.8) is 0 Å². The molecule has 0 aliphatic heterocycles. The van der Waals surface area contributed by atoms with Gasteiger partial charge in [0, 0.05) is 0 Å². The largest absolute Gasteiger partial charge is 0.482 e. The molecule has 0 aliphatic carbocycles. The number of ether oxygens (including phenoxy) is 1. The molecular formula is C16H13N3O4S. The van der Waals surface area contributed by atoms with Crippen molar-refractivity contribution in [3.8, 4) is 5.75 Å². The third-order valence-corrected chi connectivity index (χ3v) is 4.01. The molecule has 1 N–H and O–H groups in total. The van der Waals surface area contributed by atoms with Crippen LogP contribution in [-0.2, 0) is 4.79 Å². The SMILES string of the molecule is Cc1nc2sccc2c(=O)n1/N=C\c1ccc(OCC(=O)O)cc1. The molecule has 0 fully saturated rings. The normalized spacial score (nSPS) is 11.2. The fourth-order valence-corrected chi connectivity index (χ4v) is 2.86. The summed E-state index contributed by atoms with van der Waals surface area (Å²) in [5.41, 5.74) is 0.533. The van der Waals surface area contributed by atoms with Crippen LogP contribution in [0, 0.1) is 6.92 Å². The number of hydrogen-bond donors (Lipinski definition) is 1. The van der Waals surface area contributed by atoms with E-state index >= 15 is 0 Å². The van der Waals surface area contributed by atoms with Crippen LogP contribution in [0.5, 0.6) is 5.75 Å². The molecule has 0 unspecified atom stereocenters. The number of nitrogens with zero attached hydrogens (tertiary/aromatic N) is 3. The fraction of sp³-hybridized carbons (Fsp3) is 0.125. The molecule has 122 valence electrons. The number of aliphatic carboxylic acids is 1. The van der Waals surface area contributed by atoms with Crippen molar-refractivity contribution in [2.75, 3.05) is 6.61 Å². The number of fused-ring (bicyclic) bond motifs is 1. The molecule has 8 heteroatoms. The van der Waals surface area contributed by atoms with E-state index in [2.05, 4.69) is 10.1 Å². The lowest BCUT2D eigenvalue weighted by molar-refractivity contribution is -0.139. The van der Waals surface area contributed by atoms with Crippen LogP contribution in [0.15, 0.2) is 45.6 Å². The number of thiophene rings is 1. The Bertz CT molecular complexity index is 973. The Balaban J connectivity index is 1.83. The zero-order chi connectivity index (χ0) is 17.1. The van der Waals surface area contributed by atoms with E-state index in [1.54, 1.807) is 37.3 Å². The Morgan fingerprint density at radius 1 is 1.38 bits per heavy atom. The van der Waals surface area contributed by atoms with Crippen LogP contribution in [0.3, 0.4) is 0 Å². The molecule has 24 heavy (non-hydrogen) atoms. The van der Waals surface area contributed by atoms with Gasteiger partial charge < -0.3 is 9.84 Å². The number of carbonyl (C=O) groups is 1. The molecule has 0 spiro atoms. The maximum absolute atomic E-state index is 12.4. The van der Waals surface area contributed by atoms with Gasteiger partial charge in [0.1, 0.15) is 16.4 Å². The van der Waals surface area contributed by atoms with Gasteiger partial charge in [-0.15, -0.1) is 11.3 Å². The highest BCUT2D eigenvalue weighted by atomic mass is 32.1. The van der Waals surface area contributed by atoms with Crippen molar-refractivity contribution >= 4 is 33.7 Å². The highest BCUT2D eigenvalue weighted by Crippen LogP contribution is 2.15. The average molecular weight is 343 g/mol. The molecule has 7 nitrogen and oxygen atoms in total. The number of rotatable bonds is 5. The van der Waals surface area contributed by atoms with E-state index in [1.807, 2.05) is 5.38 Å². The highest BCUT2D eigenvalue weighted by Gasteiger charge is 2.07. The van der Waals surface area contributed by atoms with Crippen molar-refractivity contribution in [2.24, 2.45) is 5.10 Å². The summed E-state index contributed by atoms with van der Waals surface area (Å²) < 4.78 is 6.31. The molecule has 0 aliphatic rings. The maximum Gasteiger partial charge on any atom is 0.341 e. The van der Waals surface area contributed by atoms with Crippen LogP contribution < -0.4 is 10.3 Å². The molecule has 3 rings (SSSR count). The molecule has 0 amide bonds. The van der Waals surface area contributed by atoms with Crippen molar-refractivity contribution in [1.82, 2.24) is 9.66 Å². The molecular weight excluding hydrogens is 330 g/mol. The number of aryl methyl sites for hydroxylation is 1. The van der Waals surface area contributed by atoms with Gasteiger partial charge in [-0.3, -0.25) is 4.79 Å². The summed E-state index contributed by atoms with van der Waals surface area (Å²) in [6, 6.07) is 8.45. The zero-order valence-electron chi connectivity index (χ0n) is 12.7. The summed E-state index contributed by atoms with van der Waals surface area (Å²) in [7, 11) is 0. The number of carboxylic acid groups (broad SMARTS) is 1. The third kappa shape index (κ3) is 3.33. The molecule has 2 aromatic heterocycles. The van der Waals surface area contributed by atoms with E-state index in [0.29, 0.717) is 21.8 Å². The van der Waals surface area contributed by atoms with Crippen LogP contribution in [0.1, 0.15) is 11.4 Å². The first-order valence-corrected chi connectivity index (χ1v) is 7.88. The molecule has 2 heterocycles. The van der Waals surface area contributed by atoms with Crippen LogP contribution in [0.4, 0.5) is 0 Å². The zero-order valence-corrected chi connectivity index (χ0v) is 13.5. The summed E-state index contributed by atoms with van der Waals surface area (Å²) in [5.74, 6) is -0.0799. The number of aromatic nitrogens is 2. The minimum absolute atomic E-state index is 0.212. The minimum atomic E-state index is -1.04. The summed E-state index contributed by atoms with van der Waals surface area (Å²) in [4.78, 5) is 27.9. The van der Waals surface area contributed by atoms with Crippen molar-refractivity contribution in [2.45, 2.75) is 6.92 Å². The van der Waals surface area contributed by atoms with Gasteiger partial charge in [0.15, 0.2) is 6.61 Å². The van der Waals surface area contributed by atoms with Gasteiger partial charge in [0.25, 0.3) is 5.56 Å². The minimum Gasteiger partial charge on any atom is -0.482 e. The summed E-state index contributed by atoms with van der Waals surface area (Å²) in [6.45, 7) is 1.33. The van der Waals surface area contributed by atoms with E-state index in [-0.39, 0.29) is 5.56 Å². The molecule has 0 saturated carbocycles. The quantitative estimate of drug-likeness (QED) is 0.716. The summed E-state index contributed by atoms with van der Waals surface area (Å²) >= 11 is 1.42. The molecule has 3 aromatic rings. The molecule has 1 aromatic carbocycles. The van der Waals surface area contributed by atoms with Crippen molar-refractivity contribution < 1.29 is 14.6 Å². The van der Waals surface area contributed by atoms with E-state index < -0.39 is 12.6 Å². The van der Waals surface area contributed by atoms with Crippen molar-refractivity contribution in [1.29, 1.82) is 0 Å². The lowest BCUT2D eigenvalue weighted by atomic mass is 10.2. The second kappa shape index (κ2) is 6.63. The van der Waals surface area contributed by atoms with E-state index in [0.717, 1.165) is 5.56 Å². The summed E-state index contributed by atoms with van der Waals surface area (Å²) in [6.07, 6.45) is 1.54. The van der Waals surface area contributed by atoms with Crippen LogP contribution in [0.25, 0.3) is 10.2 Å². The summed E-state index contributed by atoms with van der Waals surface area (Å²) in [5, 5.41) is 15.1. The number of benzene rings is 1. The Labute approximate surface area is 140 Å². The highest BCUT2D eigenvalue weighted by molar-refractivity contribution is 7.16. The molecule has 0 atom stereocenters. The maximum atomic E-state index is 12.4. The van der Waals surface area contributed by atoms with Gasteiger partial charge in [0.05, 0.1) is 11.6 Å². The lowest BCUT2D eigenvalue weighted by Gasteiger charge is -2.04. The van der Waals surface area contributed by atoms with E-state index in [9.17, 15) is 9.59 Å². The standard InChI is InChI=1S/C16H13N3O4S/c1-10-18-15-13(6-7-24-15)16(22)19(10)17-8-11-2-4-12(5-3-11)23-9-14(20)21/h2-8H,9H2,1H3,(H,20,21)/b17-8-. The Hall–Kier alpha value is -3.00. The van der Waals surface area contributed by atoms with Crippen LogP contribution >= 0.6 is 11.3 Å². The first-order valence-electron chi connectivity index (χ1n) is 7.00. The molecule has 0 saturated heterocycles. The van der Waals surface area contributed by atoms with Gasteiger partial charge in [-0.2, -0.15) is 9.78 Å². The first kappa shape index (κ1) is 15.9. The van der Waals surface area contributed by atoms with E-state index in [1.165, 1.54) is 22.2 Å². The first-order chi connectivity index (χ1) is 11.5. The Morgan fingerprint density at radius 2 is 2.12 bits per heavy atom. The Kier molecular flexibility index (Phi) is 4.39. The predicted octanol–water partition coefficient (Wildman–Crippen LogP) is 2.11. The predicted molar refractivity (Wildman–Crippen MR) is 91.2 cm³/mol. The van der Waals surface area contributed by atoms with Crippen LogP contribution in [0.2, 0.25) is 0 Å². The lowest BCUT2D eigenvalue weighted by Crippen LogP contribution is -2.19. The Morgan fingerprint density at radius 3 is 2.83 bits per heavy atom. The third-order valence-electron chi connectivity index (χ3n) is 3.20. The molecule has 0 bridgehead atoms. The second-order valence-electron chi connectivity index (χ2n) is 4.91. The molecule has 0 radical (unpaired) electrons. The fourth-order valence-electron chi connectivity index (χ4n) is 2.06. The number of carboxylic acids is 1. The van der Waals surface area contributed by atoms with Gasteiger partial charge in [-0.1, -0.05) is 0 Å². The van der Waals surface area contributed by atoms with E-state index in [4.69, 9.17) is 9.84 Å². The van der Waals surface area contributed by atoms with Gasteiger partial charge in [0.2, 0.25) is 0 Å². The average Bonchev–Trinajstić information content (AvgIpc) is 3.02. The van der Waals surface area contributed by atoms with Crippen LogP contribution in [-0.4, -0.2) is 33.6 Å². The topological polar surface area (TPSA) is 93.8 Å². The monoisotopic (exact) mass is 343 g/mol. The second-order valence-corrected chi connectivity index (χ2v) is 5.81. The van der Waals surface area contributed by atoms with Gasteiger partial charge in [-0.05, 0) is 48.2 Å². The smallest absolute Gasteiger partial charge is 0.341 e. The van der Waals surface area contributed by atoms with Gasteiger partial charge >= 0.3 is 5.97 Å².